The first-order chi connectivity index (χ1) is 16.5. The van der Waals surface area contributed by atoms with Crippen LogP contribution in [0.5, 0.6) is 0 Å². The van der Waals surface area contributed by atoms with Crippen molar-refractivity contribution in [3.63, 3.8) is 0 Å². The van der Waals surface area contributed by atoms with Crippen molar-refractivity contribution in [3.8, 4) is 0 Å². The lowest BCUT2D eigenvalue weighted by Gasteiger charge is -2.01. The van der Waals surface area contributed by atoms with Gasteiger partial charge in [0.25, 0.3) is 0 Å². The third kappa shape index (κ3) is 3.62. The lowest BCUT2D eigenvalue weighted by Crippen LogP contribution is -2.16. The zero-order valence-electron chi connectivity index (χ0n) is 21.2. The molecule has 4 nitrogen and oxygen atoms in total. The number of nitrogens with one attached hydrogen (secondary N) is 2. The fourth-order valence-corrected chi connectivity index (χ4v) is 5.52. The van der Waals surface area contributed by atoms with Crippen LogP contribution in [0.25, 0.3) is 24.3 Å². The molecule has 34 heavy (non-hydrogen) atoms. The molecule has 4 heteroatoms. The van der Waals surface area contributed by atoms with Crippen LogP contribution in [-0.2, 0) is 12.8 Å². The van der Waals surface area contributed by atoms with Crippen molar-refractivity contribution >= 4 is 35.7 Å². The van der Waals surface area contributed by atoms with Gasteiger partial charge < -0.3 is 9.97 Å². The van der Waals surface area contributed by atoms with Gasteiger partial charge in [0.1, 0.15) is 0 Å². The van der Waals surface area contributed by atoms with Gasteiger partial charge in [0.2, 0.25) is 0 Å². The van der Waals surface area contributed by atoms with Crippen LogP contribution in [0.1, 0.15) is 76.8 Å². The van der Waals surface area contributed by atoms with Gasteiger partial charge in [-0.2, -0.15) is 0 Å². The lowest BCUT2D eigenvalue weighted by molar-refractivity contribution is 1.04. The maximum absolute atomic E-state index is 5.08. The number of hydrogen-bond donors (Lipinski definition) is 2. The molecule has 3 aliphatic heterocycles. The number of aromatic amines is 2. The maximum atomic E-state index is 5.08. The standard InChI is InChI=1S/C30H34N4/c1-7-21-17(5)25-12-19-11-20(31-16-19)13-26-18(6)22(8-2)28(33-26)15-30-24(10-4)23(9-3)29(34-30)14-27(21)32-25/h11-16,31,34H,7-10H2,1-6H3. The molecule has 174 valence electrons. The third-order valence-electron chi connectivity index (χ3n) is 7.36. The van der Waals surface area contributed by atoms with Crippen LogP contribution in [-0.4, -0.2) is 21.4 Å². The van der Waals surface area contributed by atoms with Gasteiger partial charge in [-0.15, -0.1) is 0 Å². The Morgan fingerprint density at radius 3 is 1.71 bits per heavy atom. The average Bonchev–Trinajstić information content (AvgIpc) is 3.55. The highest BCUT2D eigenvalue weighted by molar-refractivity contribution is 6.24. The van der Waals surface area contributed by atoms with E-state index < -0.39 is 0 Å². The van der Waals surface area contributed by atoms with Gasteiger partial charge in [-0.1, -0.05) is 27.7 Å². The number of rotatable bonds is 4. The molecular weight excluding hydrogens is 416 g/mol. The summed E-state index contributed by atoms with van der Waals surface area (Å²) in [4.78, 5) is 17.3. The third-order valence-corrected chi connectivity index (χ3v) is 7.36. The Labute approximate surface area is 202 Å². The SMILES string of the molecule is CCC1=C(C)C2=Cc3c[nH]c(c3)C=C3N=C(C=c4[nH]c(c(CC)c4CC)=CC1=N2)C(CC)=C3C. The Morgan fingerprint density at radius 1 is 0.676 bits per heavy atom. The van der Waals surface area contributed by atoms with Gasteiger partial charge in [-0.25, -0.2) is 9.98 Å². The number of hydrogen-bond acceptors (Lipinski definition) is 2. The van der Waals surface area contributed by atoms with Gasteiger partial charge >= 0.3 is 0 Å². The molecule has 0 radical (unpaired) electrons. The van der Waals surface area contributed by atoms with Gasteiger partial charge in [0.15, 0.2) is 0 Å². The van der Waals surface area contributed by atoms with Gasteiger partial charge in [0.05, 0.1) is 22.8 Å². The Hall–Kier alpha value is -3.40. The highest BCUT2D eigenvalue weighted by Gasteiger charge is 2.21. The van der Waals surface area contributed by atoms with E-state index in [4.69, 9.17) is 9.98 Å². The van der Waals surface area contributed by atoms with E-state index in [0.29, 0.717) is 0 Å². The van der Waals surface area contributed by atoms with Crippen LogP contribution in [0.4, 0.5) is 0 Å². The molecule has 0 aliphatic carbocycles. The minimum atomic E-state index is 0.961. The molecule has 0 aromatic carbocycles. The minimum absolute atomic E-state index is 0.961. The molecule has 0 fully saturated rings. The van der Waals surface area contributed by atoms with E-state index in [0.717, 1.165) is 59.8 Å². The number of nitrogens with zero attached hydrogens (tertiary/aromatic N) is 2. The normalized spacial score (nSPS) is 17.4. The molecule has 0 amide bonds. The number of fused-ring (bicyclic) bond motifs is 6. The maximum Gasteiger partial charge on any atom is 0.0693 e. The molecule has 3 aliphatic rings. The van der Waals surface area contributed by atoms with E-state index in [9.17, 15) is 0 Å². The van der Waals surface area contributed by atoms with Crippen LogP contribution in [0, 0.1) is 0 Å². The van der Waals surface area contributed by atoms with Crippen LogP contribution < -0.4 is 10.7 Å². The van der Waals surface area contributed by atoms with Crippen molar-refractivity contribution in [3.05, 3.63) is 79.0 Å². The van der Waals surface area contributed by atoms with Crippen LogP contribution in [0.15, 0.2) is 55.9 Å². The fraction of sp³-hybridized carbons (Fsp3) is 0.333. The van der Waals surface area contributed by atoms with Crippen LogP contribution in [0.2, 0.25) is 0 Å². The summed E-state index contributed by atoms with van der Waals surface area (Å²) >= 11 is 0. The molecule has 0 atom stereocenters. The molecule has 0 unspecified atom stereocenters. The number of aromatic nitrogens is 2. The van der Waals surface area contributed by atoms with Crippen molar-refractivity contribution in [2.45, 2.75) is 67.2 Å². The second-order valence-electron chi connectivity index (χ2n) is 9.26. The smallest absolute Gasteiger partial charge is 0.0693 e. The summed E-state index contributed by atoms with van der Waals surface area (Å²) in [6, 6.07) is 2.18. The summed E-state index contributed by atoms with van der Waals surface area (Å²) in [7, 11) is 0. The summed E-state index contributed by atoms with van der Waals surface area (Å²) in [5, 5.41) is 2.35. The zero-order chi connectivity index (χ0) is 24.0. The van der Waals surface area contributed by atoms with E-state index in [1.807, 2.05) is 0 Å². The molecule has 0 saturated carbocycles. The van der Waals surface area contributed by atoms with E-state index in [1.165, 1.54) is 44.1 Å². The van der Waals surface area contributed by atoms with Gasteiger partial charge in [-0.3, -0.25) is 0 Å². The van der Waals surface area contributed by atoms with Crippen molar-refractivity contribution in [1.29, 1.82) is 0 Å². The zero-order valence-corrected chi connectivity index (χ0v) is 21.2. The first kappa shape index (κ1) is 22.4. The quantitative estimate of drug-likeness (QED) is 0.593. The molecule has 0 spiro atoms. The van der Waals surface area contributed by atoms with Crippen molar-refractivity contribution in [2.24, 2.45) is 9.98 Å². The molecule has 5 rings (SSSR count). The first-order valence-corrected chi connectivity index (χ1v) is 12.6. The highest BCUT2D eigenvalue weighted by atomic mass is 14.8. The molecule has 2 N–H and O–H groups in total. The minimum Gasteiger partial charge on any atom is -0.361 e. The Balaban J connectivity index is 1.85. The Bertz CT molecular complexity index is 1380. The first-order valence-electron chi connectivity index (χ1n) is 12.6. The highest BCUT2D eigenvalue weighted by Crippen LogP contribution is 2.31. The van der Waals surface area contributed by atoms with Gasteiger partial charge in [-0.05, 0) is 109 Å². The second-order valence-corrected chi connectivity index (χ2v) is 9.26. The number of allylic oxidation sites excluding steroid dienone is 4. The van der Waals surface area contributed by atoms with Crippen LogP contribution >= 0.6 is 0 Å². The molecule has 8 bridgehead atoms. The largest absolute Gasteiger partial charge is 0.361 e. The molecule has 0 saturated heterocycles. The average molecular weight is 451 g/mol. The predicted molar refractivity (Wildman–Crippen MR) is 145 cm³/mol. The fourth-order valence-electron chi connectivity index (χ4n) is 5.52. The molecule has 2 aromatic rings. The summed E-state index contributed by atoms with van der Waals surface area (Å²) in [5.74, 6) is 0. The van der Waals surface area contributed by atoms with Crippen molar-refractivity contribution < 1.29 is 0 Å². The molecule has 2 aromatic heterocycles. The molecular formula is C30H34N4. The van der Waals surface area contributed by atoms with E-state index in [-0.39, 0.29) is 0 Å². The molecule has 5 heterocycles. The van der Waals surface area contributed by atoms with Crippen molar-refractivity contribution in [2.75, 3.05) is 0 Å². The topological polar surface area (TPSA) is 56.3 Å². The Kier molecular flexibility index (Phi) is 5.76. The monoisotopic (exact) mass is 450 g/mol. The summed E-state index contributed by atoms with van der Waals surface area (Å²) in [5.41, 5.74) is 14.4. The second kappa shape index (κ2) is 8.75. The lowest BCUT2D eigenvalue weighted by atomic mass is 10.0. The van der Waals surface area contributed by atoms with Gasteiger partial charge in [0, 0.05) is 22.6 Å². The number of H-pyrrole nitrogens is 2. The summed E-state index contributed by atoms with van der Waals surface area (Å²) in [6.07, 6.45) is 14.8. The van der Waals surface area contributed by atoms with E-state index in [2.05, 4.69) is 88.1 Å². The summed E-state index contributed by atoms with van der Waals surface area (Å²) in [6.45, 7) is 13.3. The van der Waals surface area contributed by atoms with E-state index in [1.54, 1.807) is 0 Å². The van der Waals surface area contributed by atoms with Crippen LogP contribution in [0.3, 0.4) is 0 Å². The van der Waals surface area contributed by atoms with E-state index >= 15 is 0 Å². The van der Waals surface area contributed by atoms with Crippen molar-refractivity contribution in [1.82, 2.24) is 9.97 Å². The summed E-state index contributed by atoms with van der Waals surface area (Å²) < 4.78 is 0. The predicted octanol–water partition coefficient (Wildman–Crippen LogP) is 5.79. The Morgan fingerprint density at radius 2 is 1.21 bits per heavy atom. The number of aliphatic imine (C=N–C) groups is 2.